The van der Waals surface area contributed by atoms with E-state index in [0.717, 1.165) is 42.4 Å². The normalized spacial score (nSPS) is 12.5. The summed E-state index contributed by atoms with van der Waals surface area (Å²) in [5.74, 6) is -1.02. The van der Waals surface area contributed by atoms with Gasteiger partial charge in [0, 0.05) is 55.8 Å². The number of aliphatic hydroxyl groups excluding tert-OH is 1. The molecule has 2 fully saturated rings. The van der Waals surface area contributed by atoms with E-state index in [0.29, 0.717) is 28.5 Å². The van der Waals surface area contributed by atoms with Crippen LogP contribution in [-0.2, 0) is 52.8 Å². The van der Waals surface area contributed by atoms with Crippen LogP contribution in [0.5, 0.6) is 0 Å². The van der Waals surface area contributed by atoms with Gasteiger partial charge in [0.2, 0.25) is 0 Å². The molecule has 11 nitrogen and oxygen atoms in total. The molecule has 7 rings (SSSR count). The zero-order valence-corrected chi connectivity index (χ0v) is 66.5. The van der Waals surface area contributed by atoms with Crippen LogP contribution in [0, 0.1) is 6.92 Å². The summed E-state index contributed by atoms with van der Waals surface area (Å²) in [6, 6.07) is 55.3. The largest absolute Gasteiger partial charge is 2.00 e. The molecule has 2 saturated heterocycles. The van der Waals surface area contributed by atoms with Crippen LogP contribution in [0.2, 0.25) is 78.6 Å². The molecule has 3 amide bonds. The number of hydrogen-bond acceptors (Lipinski definition) is 9. The number of aliphatic hydroxyl groups is 1. The first kappa shape index (κ1) is 92.8. The Bertz CT molecular complexity index is 2490. The SMILES string of the molecule is C.C1CCOC1.CNC(=O)OC[Si](C)(C)Cc1ccccc1.C[Si](C)(CCl)Cc1ccccc1.C[Si](C)(CO)Cc1ccccc1.C[Si](C)(COC(=O)ON1C(=O)CCC1=O)Cc1ccccc1.C[Si](C)(Cl)CCl.C[Si](C)(Cl)CCl.[CH2-]c1ccccc1.[Cl-].[Mg+2]. The summed E-state index contributed by atoms with van der Waals surface area (Å²) >= 11 is 28.2. The van der Waals surface area contributed by atoms with Crippen LogP contribution < -0.4 is 17.7 Å². The van der Waals surface area contributed by atoms with E-state index in [1.807, 2.05) is 111 Å². The maximum Gasteiger partial charge on any atom is 2.00 e. The first-order valence-electron chi connectivity index (χ1n) is 29.0. The Morgan fingerprint density at radius 3 is 1.07 bits per heavy atom. The summed E-state index contributed by atoms with van der Waals surface area (Å²) in [5, 5.41) is 12.1. The van der Waals surface area contributed by atoms with Crippen molar-refractivity contribution >= 4 is 151 Å². The summed E-state index contributed by atoms with van der Waals surface area (Å²) in [7, 11) is -7.04. The zero-order chi connectivity index (χ0) is 65.3. The molecule has 2 aliphatic rings. The standard InChI is InChI=1S/C15H19NO5Si.C12H19NO2Si.C10H15ClSi.C10H16OSi.C7H7.C4H8O.2C3H8Cl2Si.CH4.ClH.Mg/c1-22(2,10-12-6-4-3-5-7-12)11-20-15(19)21-16-13(17)8-9-14(16)18;1-13-12(14)15-10-16(2,3)9-11-7-5-4-6-8-11;2*1-12(2,9-11)8-10-6-4-3-5-7-10;1-7-5-3-2-4-6-7;1-2-4-5-3-1;2*1-6(2,5)3-4;;;/h3-7H,8-11H2,1-2H3;4-8H,9-10H2,1-3H3,(H,13,14);3-7H,8-9H2,1-2H3;3-7,11H,8-9H2,1-2H3;2-6H,1H2;1-4H2;2*3H2,1-2H3;1H4;1H;/q;;;;-1;;;;;;+2/p-1. The van der Waals surface area contributed by atoms with E-state index in [1.165, 1.54) is 41.1 Å². The molecule has 0 aliphatic carbocycles. The molecule has 0 radical (unpaired) electrons. The first-order valence-corrected chi connectivity index (χ1v) is 52.7. The van der Waals surface area contributed by atoms with Gasteiger partial charge < -0.3 is 37.0 Å². The van der Waals surface area contributed by atoms with Crippen LogP contribution in [0.3, 0.4) is 0 Å². The molecule has 2 N–H and O–H groups in total. The minimum Gasteiger partial charge on any atom is -1.00 e. The fourth-order valence-corrected chi connectivity index (χ4v) is 14.2. The summed E-state index contributed by atoms with van der Waals surface area (Å²) in [5.41, 5.74) is 8.51. The molecule has 89 heavy (non-hydrogen) atoms. The number of ether oxygens (including phenoxy) is 3. The van der Waals surface area contributed by atoms with Gasteiger partial charge in [0.05, 0.1) is 44.8 Å². The maximum atomic E-state index is 11.6. The third-order valence-corrected chi connectivity index (χ3v) is 29.7. The molecule has 0 spiro atoms. The molecule has 496 valence electrons. The van der Waals surface area contributed by atoms with E-state index in [4.69, 9.17) is 76.3 Å². The van der Waals surface area contributed by atoms with Gasteiger partial charge in [0.25, 0.3) is 11.8 Å². The van der Waals surface area contributed by atoms with E-state index in [9.17, 15) is 19.2 Å². The van der Waals surface area contributed by atoms with E-state index < -0.39 is 65.0 Å². The van der Waals surface area contributed by atoms with Crippen LogP contribution in [0.4, 0.5) is 9.59 Å². The number of hydroxylamine groups is 2. The minimum atomic E-state index is -1.81. The number of benzene rings is 5. The quantitative estimate of drug-likeness (QED) is 0.0232. The number of nitrogens with zero attached hydrogens (tertiary/aromatic N) is 1. The third-order valence-electron chi connectivity index (χ3n) is 11.7. The number of imide groups is 1. The van der Waals surface area contributed by atoms with Gasteiger partial charge in [-0.3, -0.25) is 14.4 Å². The van der Waals surface area contributed by atoms with E-state index in [2.05, 4.69) is 136 Å². The van der Waals surface area contributed by atoms with Crippen LogP contribution in [0.15, 0.2) is 152 Å². The predicted octanol–water partition coefficient (Wildman–Crippen LogP) is 14.2. The third kappa shape index (κ3) is 53.4. The van der Waals surface area contributed by atoms with Crippen molar-refractivity contribution < 1.29 is 55.7 Å². The van der Waals surface area contributed by atoms with Crippen molar-refractivity contribution in [3.63, 3.8) is 0 Å². The number of alkyl halides is 3. The summed E-state index contributed by atoms with van der Waals surface area (Å²) < 4.78 is 15.2. The van der Waals surface area contributed by atoms with Crippen LogP contribution in [0.25, 0.3) is 0 Å². The number of nitrogens with one attached hydrogen (secondary N) is 1. The Balaban J connectivity index is -0.000000484. The number of carbonyl (C=O) groups excluding carboxylic acids is 4. The molecule has 24 heteroatoms. The average molecular weight is 1460 g/mol. The molecule has 0 saturated carbocycles. The molecule has 2 heterocycles. The summed E-state index contributed by atoms with van der Waals surface area (Å²) in [6.07, 6.45) is 2.55. The topological polar surface area (TPSA) is 141 Å². The Hall–Kier alpha value is -2.62. The number of rotatable bonds is 17. The van der Waals surface area contributed by atoms with Crippen molar-refractivity contribution in [3.05, 3.63) is 186 Å². The maximum absolute atomic E-state index is 11.6. The number of alkyl carbamates (subject to hydrolysis) is 1. The van der Waals surface area contributed by atoms with Crippen molar-refractivity contribution in [2.75, 3.05) is 55.5 Å². The van der Waals surface area contributed by atoms with Crippen LogP contribution in [-0.4, -0.2) is 160 Å². The second-order valence-corrected chi connectivity index (χ2v) is 61.0. The van der Waals surface area contributed by atoms with Gasteiger partial charge in [-0.1, -0.05) is 241 Å². The first-order chi connectivity index (χ1) is 40.2. The van der Waals surface area contributed by atoms with Crippen molar-refractivity contribution in [3.8, 4) is 0 Å². The molecule has 5 aromatic carbocycles. The Labute approximate surface area is 589 Å². The second kappa shape index (κ2) is 50.8. The monoisotopic (exact) mass is 1460 g/mol. The fourth-order valence-electron chi connectivity index (χ4n) is 7.13. The molecule has 0 bridgehead atoms. The Morgan fingerprint density at radius 2 is 0.820 bits per heavy atom. The van der Waals surface area contributed by atoms with E-state index in [1.54, 1.807) is 7.05 Å². The predicted molar refractivity (Wildman–Crippen MR) is 394 cm³/mol. The number of carbonyl (C=O) groups is 4. The Kier molecular flexibility index (Phi) is 53.0. The molecule has 5 aromatic rings. The number of hydrogen-bond donors (Lipinski definition) is 2. The fraction of sp³-hybridized carbons (Fsp3) is 0.462. The van der Waals surface area contributed by atoms with Crippen molar-refractivity contribution in [2.24, 2.45) is 0 Å². The van der Waals surface area contributed by atoms with E-state index >= 15 is 0 Å². The summed E-state index contributed by atoms with van der Waals surface area (Å²) in [4.78, 5) is 50.0. The molecule has 2 aliphatic heterocycles. The molecule has 0 unspecified atom stereocenters. The average Bonchev–Trinajstić information content (AvgIpc) is 4.40. The van der Waals surface area contributed by atoms with Crippen molar-refractivity contribution in [1.29, 1.82) is 0 Å². The van der Waals surface area contributed by atoms with Crippen molar-refractivity contribution in [2.45, 2.75) is 136 Å². The smallest absolute Gasteiger partial charge is 1.00 e. The van der Waals surface area contributed by atoms with Gasteiger partial charge >= 0.3 is 35.3 Å². The summed E-state index contributed by atoms with van der Waals surface area (Å²) in [6.45, 7) is 31.5. The number of amides is 3. The number of halogens is 6. The van der Waals surface area contributed by atoms with Crippen LogP contribution >= 0.6 is 57.0 Å². The second-order valence-electron chi connectivity index (χ2n) is 25.1. The van der Waals surface area contributed by atoms with Gasteiger partial charge in [-0.2, -0.15) is 46.8 Å². The molecule has 0 aromatic heterocycles. The van der Waals surface area contributed by atoms with E-state index in [-0.39, 0.29) is 68.1 Å². The molecular weight excluding hydrogens is 1360 g/mol. The van der Waals surface area contributed by atoms with Gasteiger partial charge in [0.15, 0.2) is 14.8 Å². The van der Waals surface area contributed by atoms with Gasteiger partial charge in [0.1, 0.15) is 0 Å². The Morgan fingerprint density at radius 1 is 0.528 bits per heavy atom. The van der Waals surface area contributed by atoms with Crippen LogP contribution in [0.1, 0.15) is 60.9 Å². The van der Waals surface area contributed by atoms with Gasteiger partial charge in [-0.05, 0) is 37.0 Å². The minimum absolute atomic E-state index is 0. The zero-order valence-electron chi connectivity index (χ0n) is 54.6. The van der Waals surface area contributed by atoms with Gasteiger partial charge in [-0.15, -0.1) is 46.9 Å². The molecule has 0 atom stereocenters. The van der Waals surface area contributed by atoms with Crippen molar-refractivity contribution in [1.82, 2.24) is 10.4 Å². The van der Waals surface area contributed by atoms with Gasteiger partial charge in [-0.25, -0.2) is 9.59 Å². The molecular formula is C65H104Cl6MgN2O9Si6.